The molecule has 1 saturated heterocycles. The Hall–Kier alpha value is -2.12. The molecule has 0 unspecified atom stereocenters. The summed E-state index contributed by atoms with van der Waals surface area (Å²) in [5, 5.41) is 2.78. The molecule has 0 aliphatic carbocycles. The fourth-order valence-corrected chi connectivity index (χ4v) is 2.98. The van der Waals surface area contributed by atoms with E-state index in [-0.39, 0.29) is 18.3 Å². The second kappa shape index (κ2) is 8.31. The predicted octanol–water partition coefficient (Wildman–Crippen LogP) is 3.44. The third-order valence-corrected chi connectivity index (χ3v) is 4.40. The van der Waals surface area contributed by atoms with E-state index in [0.717, 1.165) is 32.0 Å². The Morgan fingerprint density at radius 3 is 2.60 bits per heavy atom. The molecular weight excluding hydrogens is 391 g/mol. The number of carbonyl (C=O) groups excluding carboxylic acids is 1. The molecule has 132 valence electrons. The Balaban J connectivity index is 1.52. The number of anilines is 2. The fourth-order valence-electron chi connectivity index (χ4n) is 2.51. The monoisotopic (exact) mass is 408 g/mol. The van der Waals surface area contributed by atoms with E-state index >= 15 is 0 Å². The van der Waals surface area contributed by atoms with E-state index in [9.17, 15) is 9.18 Å². The Bertz CT molecular complexity index is 734. The van der Waals surface area contributed by atoms with Gasteiger partial charge in [-0.15, -0.1) is 0 Å². The maximum atomic E-state index is 13.0. The highest BCUT2D eigenvalue weighted by molar-refractivity contribution is 9.10. The molecule has 1 aliphatic heterocycles. The number of carbonyl (C=O) groups is 1. The summed E-state index contributed by atoms with van der Waals surface area (Å²) in [4.78, 5) is 14.2. The third kappa shape index (κ3) is 4.93. The number of rotatable bonds is 5. The smallest absolute Gasteiger partial charge is 0.262 e. The predicted molar refractivity (Wildman–Crippen MR) is 97.7 cm³/mol. The fraction of sp³-hybridized carbons (Fsp3) is 0.278. The van der Waals surface area contributed by atoms with E-state index in [1.807, 2.05) is 24.3 Å². The van der Waals surface area contributed by atoms with Gasteiger partial charge in [-0.25, -0.2) is 4.39 Å². The summed E-state index contributed by atoms with van der Waals surface area (Å²) in [5.41, 5.74) is 1.80. The van der Waals surface area contributed by atoms with Crippen molar-refractivity contribution in [2.75, 3.05) is 43.1 Å². The van der Waals surface area contributed by atoms with Crippen LogP contribution in [0.3, 0.4) is 0 Å². The Kier molecular flexibility index (Phi) is 5.88. The van der Waals surface area contributed by atoms with Gasteiger partial charge in [0.1, 0.15) is 11.6 Å². The van der Waals surface area contributed by atoms with Crippen molar-refractivity contribution in [3.05, 3.63) is 52.8 Å². The lowest BCUT2D eigenvalue weighted by atomic mass is 10.2. The van der Waals surface area contributed by atoms with Gasteiger partial charge >= 0.3 is 0 Å². The molecule has 1 aliphatic rings. The molecular formula is C18H18BrFN2O3. The van der Waals surface area contributed by atoms with Crippen LogP contribution in [0.15, 0.2) is 46.9 Å². The van der Waals surface area contributed by atoms with Gasteiger partial charge in [-0.05, 0) is 58.4 Å². The maximum absolute atomic E-state index is 13.0. The average molecular weight is 409 g/mol. The minimum absolute atomic E-state index is 0.157. The zero-order valence-electron chi connectivity index (χ0n) is 13.5. The van der Waals surface area contributed by atoms with Crippen LogP contribution in [0.25, 0.3) is 0 Å². The first kappa shape index (κ1) is 17.7. The van der Waals surface area contributed by atoms with Crippen molar-refractivity contribution in [3.63, 3.8) is 0 Å². The summed E-state index contributed by atoms with van der Waals surface area (Å²) in [6.45, 7) is 3.04. The van der Waals surface area contributed by atoms with E-state index in [4.69, 9.17) is 9.47 Å². The number of benzene rings is 2. The SMILES string of the molecule is O=C(COc1ccc(F)cc1Br)Nc1ccc(N2CCOCC2)cc1. The second-order valence-corrected chi connectivity index (χ2v) is 6.41. The van der Waals surface area contributed by atoms with E-state index in [2.05, 4.69) is 26.1 Å². The lowest BCUT2D eigenvalue weighted by molar-refractivity contribution is -0.118. The minimum atomic E-state index is -0.371. The van der Waals surface area contributed by atoms with Gasteiger partial charge in [-0.1, -0.05) is 0 Å². The van der Waals surface area contributed by atoms with Crippen LogP contribution in [0.5, 0.6) is 5.75 Å². The number of hydrogen-bond donors (Lipinski definition) is 1. The van der Waals surface area contributed by atoms with Crippen molar-refractivity contribution in [2.24, 2.45) is 0 Å². The van der Waals surface area contributed by atoms with Gasteiger partial charge in [0, 0.05) is 24.5 Å². The molecule has 3 rings (SSSR count). The standard InChI is InChI=1S/C18H18BrFN2O3/c19-16-11-13(20)1-6-17(16)25-12-18(23)21-14-2-4-15(5-3-14)22-7-9-24-10-8-22/h1-6,11H,7-10,12H2,(H,21,23). The number of ether oxygens (including phenoxy) is 2. The normalized spacial score (nSPS) is 14.2. The first-order chi connectivity index (χ1) is 12.1. The van der Waals surface area contributed by atoms with Crippen LogP contribution in [0.1, 0.15) is 0 Å². The van der Waals surface area contributed by atoms with Crippen LogP contribution in [0.2, 0.25) is 0 Å². The second-order valence-electron chi connectivity index (χ2n) is 5.56. The molecule has 0 radical (unpaired) electrons. The molecule has 0 spiro atoms. The van der Waals surface area contributed by atoms with Crippen LogP contribution < -0.4 is 15.0 Å². The summed E-state index contributed by atoms with van der Waals surface area (Å²) >= 11 is 3.20. The van der Waals surface area contributed by atoms with Gasteiger partial charge in [-0.3, -0.25) is 4.79 Å². The summed E-state index contributed by atoms with van der Waals surface area (Å²) in [5.74, 6) is -0.237. The van der Waals surface area contributed by atoms with Crippen molar-refractivity contribution in [1.82, 2.24) is 0 Å². The topological polar surface area (TPSA) is 50.8 Å². The molecule has 0 aromatic heterocycles. The summed E-state index contributed by atoms with van der Waals surface area (Å²) < 4.78 is 24.2. The van der Waals surface area contributed by atoms with Crippen molar-refractivity contribution in [1.29, 1.82) is 0 Å². The molecule has 0 saturated carbocycles. The van der Waals surface area contributed by atoms with E-state index in [0.29, 0.717) is 15.9 Å². The number of morpholine rings is 1. The summed E-state index contributed by atoms with van der Waals surface area (Å²) in [6, 6.07) is 11.7. The van der Waals surface area contributed by atoms with Crippen molar-refractivity contribution < 1.29 is 18.7 Å². The molecule has 2 aromatic carbocycles. The average Bonchev–Trinajstić information content (AvgIpc) is 2.62. The van der Waals surface area contributed by atoms with E-state index < -0.39 is 0 Å². The number of nitrogens with one attached hydrogen (secondary N) is 1. The minimum Gasteiger partial charge on any atom is -0.483 e. The molecule has 0 bridgehead atoms. The highest BCUT2D eigenvalue weighted by atomic mass is 79.9. The van der Waals surface area contributed by atoms with Crippen LogP contribution in [0, 0.1) is 5.82 Å². The first-order valence-corrected chi connectivity index (χ1v) is 8.71. The molecule has 25 heavy (non-hydrogen) atoms. The van der Waals surface area contributed by atoms with Gasteiger partial charge in [-0.2, -0.15) is 0 Å². The maximum Gasteiger partial charge on any atom is 0.262 e. The van der Waals surface area contributed by atoms with E-state index in [1.165, 1.54) is 18.2 Å². The van der Waals surface area contributed by atoms with Gasteiger partial charge in [0.25, 0.3) is 5.91 Å². The van der Waals surface area contributed by atoms with Crippen LogP contribution >= 0.6 is 15.9 Å². The molecule has 0 atom stereocenters. The number of amides is 1. The van der Waals surface area contributed by atoms with Crippen molar-refractivity contribution in [2.45, 2.75) is 0 Å². The van der Waals surface area contributed by atoms with Crippen LogP contribution in [-0.4, -0.2) is 38.8 Å². The lowest BCUT2D eigenvalue weighted by Crippen LogP contribution is -2.36. The highest BCUT2D eigenvalue weighted by Gasteiger charge is 2.11. The van der Waals surface area contributed by atoms with Gasteiger partial charge in [0.2, 0.25) is 0 Å². The summed E-state index contributed by atoms with van der Waals surface area (Å²) in [6.07, 6.45) is 0. The van der Waals surface area contributed by atoms with Crippen molar-refractivity contribution >= 4 is 33.2 Å². The molecule has 7 heteroatoms. The van der Waals surface area contributed by atoms with Gasteiger partial charge in [0.05, 0.1) is 17.7 Å². The zero-order valence-corrected chi connectivity index (χ0v) is 15.1. The highest BCUT2D eigenvalue weighted by Crippen LogP contribution is 2.25. The number of hydrogen-bond acceptors (Lipinski definition) is 4. The van der Waals surface area contributed by atoms with E-state index in [1.54, 1.807) is 0 Å². The summed E-state index contributed by atoms with van der Waals surface area (Å²) in [7, 11) is 0. The van der Waals surface area contributed by atoms with Gasteiger partial charge in [0.15, 0.2) is 6.61 Å². The largest absolute Gasteiger partial charge is 0.483 e. The molecule has 2 aromatic rings. The molecule has 1 fully saturated rings. The Labute approximate surface area is 153 Å². The molecule has 1 heterocycles. The van der Waals surface area contributed by atoms with Crippen molar-refractivity contribution in [3.8, 4) is 5.75 Å². The Morgan fingerprint density at radius 2 is 1.92 bits per heavy atom. The molecule has 1 amide bonds. The first-order valence-electron chi connectivity index (χ1n) is 7.92. The van der Waals surface area contributed by atoms with Crippen LogP contribution in [-0.2, 0) is 9.53 Å². The molecule has 1 N–H and O–H groups in total. The number of halogens is 2. The Morgan fingerprint density at radius 1 is 1.20 bits per heavy atom. The van der Waals surface area contributed by atoms with Crippen LogP contribution in [0.4, 0.5) is 15.8 Å². The zero-order chi connectivity index (χ0) is 17.6. The lowest BCUT2D eigenvalue weighted by Gasteiger charge is -2.28. The number of nitrogens with zero attached hydrogens (tertiary/aromatic N) is 1. The molecule has 5 nitrogen and oxygen atoms in total. The quantitative estimate of drug-likeness (QED) is 0.822. The third-order valence-electron chi connectivity index (χ3n) is 3.78. The van der Waals surface area contributed by atoms with Gasteiger partial charge < -0.3 is 19.7 Å².